The maximum Gasteiger partial charge on any atom is 0.309 e. The van der Waals surface area contributed by atoms with Gasteiger partial charge in [-0.1, -0.05) is 36.8 Å². The Kier molecular flexibility index (Phi) is 2.76. The molecule has 0 unspecified atom stereocenters. The fraction of sp³-hybridized carbons (Fsp3) is 0.462. The van der Waals surface area contributed by atoms with Crippen molar-refractivity contribution in [3.63, 3.8) is 0 Å². The lowest BCUT2D eigenvalue weighted by molar-refractivity contribution is -0.155. The van der Waals surface area contributed by atoms with Gasteiger partial charge in [-0.3, -0.25) is 4.79 Å². The topological polar surface area (TPSA) is 37.3 Å². The molecule has 0 radical (unpaired) electrons. The summed E-state index contributed by atoms with van der Waals surface area (Å²) in [6.45, 7) is 0. The van der Waals surface area contributed by atoms with Gasteiger partial charge in [0, 0.05) is 0 Å². The molecule has 0 aromatic heterocycles. The molecule has 1 aromatic carbocycles. The summed E-state index contributed by atoms with van der Waals surface area (Å²) < 4.78 is 0. The molecule has 2 nitrogen and oxygen atoms in total. The Hall–Kier alpha value is -1.31. The van der Waals surface area contributed by atoms with Crippen LogP contribution in [0.25, 0.3) is 0 Å². The third-order valence-corrected chi connectivity index (χ3v) is 3.50. The molecule has 0 saturated heterocycles. The second-order valence-corrected chi connectivity index (χ2v) is 4.42. The number of carboxylic acids is 1. The predicted octanol–water partition coefficient (Wildman–Crippen LogP) is 2.87. The highest BCUT2D eigenvalue weighted by Gasteiger charge is 2.43. The van der Waals surface area contributed by atoms with Crippen LogP contribution in [0.5, 0.6) is 0 Å². The van der Waals surface area contributed by atoms with Gasteiger partial charge >= 0.3 is 5.97 Å². The molecular weight excluding hydrogens is 188 g/mol. The zero-order chi connectivity index (χ0) is 10.7. The van der Waals surface area contributed by atoms with Crippen molar-refractivity contribution in [3.8, 4) is 0 Å². The molecule has 1 aromatic rings. The lowest BCUT2D eigenvalue weighted by Gasteiger charge is -2.37. The van der Waals surface area contributed by atoms with Gasteiger partial charge in [-0.25, -0.2) is 0 Å². The van der Waals surface area contributed by atoms with Gasteiger partial charge in [0.25, 0.3) is 0 Å². The molecule has 0 atom stereocenters. The Morgan fingerprint density at radius 3 is 2.40 bits per heavy atom. The van der Waals surface area contributed by atoms with E-state index in [4.69, 9.17) is 5.11 Å². The van der Waals surface area contributed by atoms with Gasteiger partial charge in [0.05, 0.1) is 5.41 Å². The van der Waals surface area contributed by atoms with Crippen LogP contribution in [0.2, 0.25) is 0 Å². The van der Waals surface area contributed by atoms with Crippen molar-refractivity contribution in [1.29, 1.82) is 0 Å². The van der Waals surface area contributed by atoms with E-state index in [9.17, 15) is 4.79 Å². The van der Waals surface area contributed by atoms with Crippen molar-refractivity contribution in [2.45, 2.75) is 32.1 Å². The number of benzene rings is 1. The molecule has 0 aliphatic heterocycles. The van der Waals surface area contributed by atoms with Crippen LogP contribution >= 0.6 is 0 Å². The van der Waals surface area contributed by atoms with Gasteiger partial charge in [0.2, 0.25) is 0 Å². The van der Waals surface area contributed by atoms with E-state index in [1.165, 1.54) is 5.56 Å². The summed E-state index contributed by atoms with van der Waals surface area (Å²) in [5.74, 6) is -0.607. The lowest BCUT2D eigenvalue weighted by atomic mass is 9.66. The highest BCUT2D eigenvalue weighted by Crippen LogP contribution is 2.44. The van der Waals surface area contributed by atoms with Crippen molar-refractivity contribution >= 4 is 5.97 Å². The highest BCUT2D eigenvalue weighted by atomic mass is 16.4. The van der Waals surface area contributed by atoms with Crippen LogP contribution in [0.15, 0.2) is 30.3 Å². The van der Waals surface area contributed by atoms with Gasteiger partial charge in [-0.05, 0) is 31.2 Å². The van der Waals surface area contributed by atoms with Gasteiger partial charge in [-0.15, -0.1) is 0 Å². The van der Waals surface area contributed by atoms with Crippen molar-refractivity contribution < 1.29 is 9.90 Å². The Balaban J connectivity index is 1.95. The average Bonchev–Trinajstić information content (AvgIpc) is 2.17. The Labute approximate surface area is 89.9 Å². The fourth-order valence-electron chi connectivity index (χ4n) is 2.20. The SMILES string of the molecule is O=C(O)C1(CCc2ccccc2)CCC1. The molecule has 0 spiro atoms. The molecule has 1 aliphatic rings. The summed E-state index contributed by atoms with van der Waals surface area (Å²) in [4.78, 5) is 11.1. The number of aryl methyl sites for hydroxylation is 1. The summed E-state index contributed by atoms with van der Waals surface area (Å²) in [7, 11) is 0. The molecule has 1 fully saturated rings. The molecule has 1 aliphatic carbocycles. The predicted molar refractivity (Wildman–Crippen MR) is 58.7 cm³/mol. The minimum Gasteiger partial charge on any atom is -0.481 e. The number of carbonyl (C=O) groups is 1. The van der Waals surface area contributed by atoms with Crippen LogP contribution in [0.4, 0.5) is 0 Å². The minimum atomic E-state index is -0.607. The molecule has 1 N–H and O–H groups in total. The molecule has 1 saturated carbocycles. The van der Waals surface area contributed by atoms with E-state index >= 15 is 0 Å². The van der Waals surface area contributed by atoms with Crippen LogP contribution < -0.4 is 0 Å². The summed E-state index contributed by atoms with van der Waals surface area (Å²) in [6.07, 6.45) is 4.45. The van der Waals surface area contributed by atoms with E-state index in [1.807, 2.05) is 18.2 Å². The van der Waals surface area contributed by atoms with Crippen molar-refractivity contribution in [3.05, 3.63) is 35.9 Å². The third kappa shape index (κ3) is 2.04. The highest BCUT2D eigenvalue weighted by molar-refractivity contribution is 5.75. The van der Waals surface area contributed by atoms with E-state index in [2.05, 4.69) is 12.1 Å². The standard InChI is InChI=1S/C13H16O2/c14-12(15)13(8-4-9-13)10-7-11-5-2-1-3-6-11/h1-3,5-6H,4,7-10H2,(H,14,15). The van der Waals surface area contributed by atoms with Crippen molar-refractivity contribution in [2.24, 2.45) is 5.41 Å². The van der Waals surface area contributed by atoms with E-state index in [0.29, 0.717) is 0 Å². The van der Waals surface area contributed by atoms with Crippen LogP contribution in [0.3, 0.4) is 0 Å². The Morgan fingerprint density at radius 2 is 1.93 bits per heavy atom. The summed E-state index contributed by atoms with van der Waals surface area (Å²) >= 11 is 0. The maximum absolute atomic E-state index is 11.1. The summed E-state index contributed by atoms with van der Waals surface area (Å²) in [5, 5.41) is 9.16. The van der Waals surface area contributed by atoms with E-state index < -0.39 is 11.4 Å². The molecule has 0 amide bonds. The number of hydrogen-bond donors (Lipinski definition) is 1. The minimum absolute atomic E-state index is 0.407. The average molecular weight is 204 g/mol. The first-order valence-electron chi connectivity index (χ1n) is 5.50. The number of hydrogen-bond acceptors (Lipinski definition) is 1. The number of carboxylic acid groups (broad SMARTS) is 1. The third-order valence-electron chi connectivity index (χ3n) is 3.50. The Morgan fingerprint density at radius 1 is 1.27 bits per heavy atom. The van der Waals surface area contributed by atoms with Crippen molar-refractivity contribution in [1.82, 2.24) is 0 Å². The molecule has 0 heterocycles. The van der Waals surface area contributed by atoms with Crippen molar-refractivity contribution in [2.75, 3.05) is 0 Å². The fourth-order valence-corrected chi connectivity index (χ4v) is 2.20. The summed E-state index contributed by atoms with van der Waals surface area (Å²) in [5.41, 5.74) is 0.834. The smallest absolute Gasteiger partial charge is 0.309 e. The van der Waals surface area contributed by atoms with Gasteiger partial charge in [0.1, 0.15) is 0 Å². The van der Waals surface area contributed by atoms with Gasteiger partial charge in [0.15, 0.2) is 0 Å². The van der Waals surface area contributed by atoms with Gasteiger partial charge in [-0.2, -0.15) is 0 Å². The van der Waals surface area contributed by atoms with Gasteiger partial charge < -0.3 is 5.11 Å². The van der Waals surface area contributed by atoms with Crippen LogP contribution in [0.1, 0.15) is 31.2 Å². The zero-order valence-electron chi connectivity index (χ0n) is 8.78. The molecule has 2 rings (SSSR count). The van der Waals surface area contributed by atoms with Crippen LogP contribution in [-0.4, -0.2) is 11.1 Å². The van der Waals surface area contributed by atoms with Crippen LogP contribution in [0, 0.1) is 5.41 Å². The first kappa shape index (κ1) is 10.2. The second kappa shape index (κ2) is 4.05. The van der Waals surface area contributed by atoms with E-state index in [-0.39, 0.29) is 0 Å². The Bertz CT molecular complexity index is 339. The molecule has 2 heteroatoms. The van der Waals surface area contributed by atoms with Crippen LogP contribution in [-0.2, 0) is 11.2 Å². The first-order valence-corrected chi connectivity index (χ1v) is 5.50. The molecule has 15 heavy (non-hydrogen) atoms. The number of aliphatic carboxylic acids is 1. The summed E-state index contributed by atoms with van der Waals surface area (Å²) in [6, 6.07) is 10.1. The first-order chi connectivity index (χ1) is 7.23. The quantitative estimate of drug-likeness (QED) is 0.818. The van der Waals surface area contributed by atoms with E-state index in [0.717, 1.165) is 32.1 Å². The lowest BCUT2D eigenvalue weighted by Crippen LogP contribution is -2.38. The second-order valence-electron chi connectivity index (χ2n) is 4.42. The van der Waals surface area contributed by atoms with E-state index in [1.54, 1.807) is 0 Å². The number of rotatable bonds is 4. The molecule has 80 valence electrons. The normalized spacial score (nSPS) is 18.1. The molecule has 0 bridgehead atoms. The maximum atomic E-state index is 11.1. The zero-order valence-corrected chi connectivity index (χ0v) is 8.78. The molecular formula is C13H16O2. The largest absolute Gasteiger partial charge is 0.481 e. The monoisotopic (exact) mass is 204 g/mol.